The van der Waals surface area contributed by atoms with Gasteiger partial charge in [0.15, 0.2) is 12.4 Å². The van der Waals surface area contributed by atoms with Gasteiger partial charge in [-0.2, -0.15) is 0 Å². The van der Waals surface area contributed by atoms with Crippen LogP contribution in [-0.2, 0) is 33.3 Å². The molecule has 0 aromatic heterocycles. The predicted molar refractivity (Wildman–Crippen MR) is 453 cm³/mol. The lowest BCUT2D eigenvalue weighted by molar-refractivity contribution is -0.870. The molecule has 2 unspecified atom stereocenters. The molecule has 0 bridgehead atoms. The third-order valence-corrected chi connectivity index (χ3v) is 19.1. The van der Waals surface area contributed by atoms with E-state index in [1.807, 2.05) is 21.1 Å². The summed E-state index contributed by atoms with van der Waals surface area (Å²) in [5.41, 5.74) is 0. The van der Waals surface area contributed by atoms with Crippen molar-refractivity contribution in [2.75, 3.05) is 47.5 Å². The van der Waals surface area contributed by atoms with E-state index >= 15 is 0 Å². The molecule has 0 fully saturated rings. The van der Waals surface area contributed by atoms with Crippen molar-refractivity contribution in [2.45, 2.75) is 399 Å². The van der Waals surface area contributed by atoms with Crippen LogP contribution in [0.2, 0.25) is 0 Å². The molecule has 105 heavy (non-hydrogen) atoms. The highest BCUT2D eigenvalue weighted by atomic mass is 16.7. The lowest BCUT2D eigenvalue weighted by Crippen LogP contribution is -2.44. The van der Waals surface area contributed by atoms with Crippen LogP contribution in [0.15, 0.2) is 146 Å². The first kappa shape index (κ1) is 100. The van der Waals surface area contributed by atoms with Crippen molar-refractivity contribution in [3.05, 3.63) is 146 Å². The lowest BCUT2D eigenvalue weighted by atomic mass is 10.0. The normalized spacial score (nSPS) is 13.3. The summed E-state index contributed by atoms with van der Waals surface area (Å²) in [6, 6.07) is 0. The second-order valence-electron chi connectivity index (χ2n) is 30.4. The predicted octanol–water partition coefficient (Wildman–Crippen LogP) is 27.6. The third-order valence-electron chi connectivity index (χ3n) is 19.1. The zero-order chi connectivity index (χ0) is 76.0. The smallest absolute Gasteiger partial charge is 0.306 e. The minimum Gasteiger partial charge on any atom is -0.545 e. The molecule has 0 radical (unpaired) electrons. The van der Waals surface area contributed by atoms with E-state index in [1.54, 1.807) is 0 Å². The number of carbonyl (C=O) groups is 3. The zero-order valence-corrected chi connectivity index (χ0v) is 69.1. The standard InChI is InChI=1S/C96H165NO8/c1-6-8-10-12-14-16-18-20-22-24-26-28-30-32-34-36-38-40-42-44-46-47-49-51-53-55-57-59-61-63-65-67-69-71-73-75-77-79-81-83-85-87-94(99)105-92(91-104-96(95(100)101)102-89-88-97(3,4)5)90-103-93(98)86-84-82-80-78-76-74-72-70-68-66-64-62-60-58-56-54-52-50-48-45-43-41-39-37-35-33-31-29-27-25-23-21-19-17-15-13-11-9-7-2/h8-11,14-17,20-23,26-29,32-35,38,40,44,46,92,96H,6-7,12-13,18-19,24-25,30-31,36-37,39,41-43,45,47-91H2,1-5H3/b10-8-,11-9-,16-14-,17-15-,22-20-,23-21-,28-26-,29-27-,34-32-,35-33-,40-38-,46-44-. The van der Waals surface area contributed by atoms with E-state index in [0.717, 1.165) is 109 Å². The summed E-state index contributed by atoms with van der Waals surface area (Å²) in [4.78, 5) is 37.7. The fourth-order valence-corrected chi connectivity index (χ4v) is 12.5. The average Bonchev–Trinajstić information content (AvgIpc) is 1.18. The molecule has 0 spiro atoms. The molecule has 0 aliphatic rings. The van der Waals surface area contributed by atoms with Crippen LogP contribution in [0.3, 0.4) is 0 Å². The minimum atomic E-state index is -1.63. The number of carboxylic acids is 1. The molecule has 0 saturated carbocycles. The maximum atomic E-state index is 13.0. The second-order valence-corrected chi connectivity index (χ2v) is 30.4. The number of likely N-dealkylation sites (N-methyl/N-ethyl adjacent to an activating group) is 1. The highest BCUT2D eigenvalue weighted by Crippen LogP contribution is 2.19. The fraction of sp³-hybridized carbons (Fsp3) is 0.719. The van der Waals surface area contributed by atoms with Crippen LogP contribution < -0.4 is 5.11 Å². The molecule has 0 aromatic rings. The molecule has 0 aliphatic heterocycles. The number of unbranched alkanes of at least 4 members (excludes halogenated alkanes) is 42. The summed E-state index contributed by atoms with van der Waals surface area (Å²) in [7, 11) is 5.95. The largest absolute Gasteiger partial charge is 0.545 e. The van der Waals surface area contributed by atoms with Crippen LogP contribution in [0, 0.1) is 0 Å². The molecule has 0 N–H and O–H groups in total. The van der Waals surface area contributed by atoms with Gasteiger partial charge in [-0.15, -0.1) is 0 Å². The Hall–Kier alpha value is -4.83. The van der Waals surface area contributed by atoms with Gasteiger partial charge < -0.3 is 33.3 Å². The molecule has 0 saturated heterocycles. The Morgan fingerprint density at radius 1 is 0.286 bits per heavy atom. The van der Waals surface area contributed by atoms with Gasteiger partial charge in [0, 0.05) is 12.8 Å². The number of ether oxygens (including phenoxy) is 4. The average molecular weight is 1460 g/mol. The Balaban J connectivity index is 3.96. The molecular formula is C96H165NO8. The highest BCUT2D eigenvalue weighted by Gasteiger charge is 2.22. The zero-order valence-electron chi connectivity index (χ0n) is 69.1. The Labute approximate surface area is 649 Å². The summed E-state index contributed by atoms with van der Waals surface area (Å²) < 4.78 is 22.9. The van der Waals surface area contributed by atoms with Gasteiger partial charge in [0.25, 0.3) is 0 Å². The van der Waals surface area contributed by atoms with E-state index in [4.69, 9.17) is 18.9 Å². The summed E-state index contributed by atoms with van der Waals surface area (Å²) in [5, 5.41) is 11.9. The SMILES string of the molecule is CC/C=C\C/C=C\C/C=C\C/C=C\C/C=C\C/C=C\C/C=C\CCCCCCCCCCCCCCCCCCCCCC(=O)OC(COC(=O)CCCCCCCCCCCCCCCCCCCCCCCCC/C=C\C/C=C\C/C=C\C/C=C\C/C=C\CC)COC(OCC[N+](C)(C)C)C(=O)[O-]. The van der Waals surface area contributed by atoms with Crippen LogP contribution in [0.1, 0.15) is 386 Å². The quantitative estimate of drug-likeness (QED) is 0.0195. The van der Waals surface area contributed by atoms with Crippen molar-refractivity contribution in [1.82, 2.24) is 0 Å². The Bertz CT molecular complexity index is 2250. The van der Waals surface area contributed by atoms with Gasteiger partial charge in [-0.05, 0) is 116 Å². The molecule has 2 atom stereocenters. The number of aliphatic carboxylic acids is 1. The topological polar surface area (TPSA) is 111 Å². The number of rotatable bonds is 81. The van der Waals surface area contributed by atoms with E-state index in [1.165, 1.54) is 244 Å². The van der Waals surface area contributed by atoms with Crippen LogP contribution >= 0.6 is 0 Å². The molecule has 0 amide bonds. The first-order chi connectivity index (χ1) is 51.6. The van der Waals surface area contributed by atoms with E-state index in [2.05, 4.69) is 160 Å². The van der Waals surface area contributed by atoms with Crippen LogP contribution in [0.5, 0.6) is 0 Å². The lowest BCUT2D eigenvalue weighted by Gasteiger charge is -2.26. The van der Waals surface area contributed by atoms with Gasteiger partial charge in [-0.3, -0.25) is 9.59 Å². The van der Waals surface area contributed by atoms with E-state index in [0.29, 0.717) is 23.9 Å². The molecule has 9 heteroatoms. The van der Waals surface area contributed by atoms with Gasteiger partial charge >= 0.3 is 11.9 Å². The molecule has 9 nitrogen and oxygen atoms in total. The minimum absolute atomic E-state index is 0.146. The van der Waals surface area contributed by atoms with Gasteiger partial charge in [-0.1, -0.05) is 404 Å². The van der Waals surface area contributed by atoms with Crippen LogP contribution in [-0.4, -0.2) is 82.3 Å². The first-order valence-corrected chi connectivity index (χ1v) is 44.0. The fourth-order valence-electron chi connectivity index (χ4n) is 12.5. The molecule has 0 rings (SSSR count). The maximum Gasteiger partial charge on any atom is 0.306 e. The summed E-state index contributed by atoms with van der Waals surface area (Å²) in [6.07, 6.45) is 121. The molecule has 0 aromatic carbocycles. The number of carbonyl (C=O) groups excluding carboxylic acids is 3. The van der Waals surface area contributed by atoms with Crippen LogP contribution in [0.25, 0.3) is 0 Å². The molecular weight excluding hydrogens is 1300 g/mol. The Kier molecular flexibility index (Phi) is 80.9. The van der Waals surface area contributed by atoms with Crippen molar-refractivity contribution in [2.24, 2.45) is 0 Å². The number of nitrogens with zero attached hydrogens (tertiary/aromatic N) is 1. The number of esters is 2. The van der Waals surface area contributed by atoms with E-state index in [-0.39, 0.29) is 32.2 Å². The number of carboxylic acid groups (broad SMARTS) is 1. The van der Waals surface area contributed by atoms with Crippen molar-refractivity contribution in [3.63, 3.8) is 0 Å². The van der Waals surface area contributed by atoms with Crippen molar-refractivity contribution in [1.29, 1.82) is 0 Å². The highest BCUT2D eigenvalue weighted by molar-refractivity contribution is 5.70. The summed E-state index contributed by atoms with van der Waals surface area (Å²) in [5.74, 6) is -2.26. The van der Waals surface area contributed by atoms with Crippen molar-refractivity contribution >= 4 is 17.9 Å². The van der Waals surface area contributed by atoms with Gasteiger partial charge in [-0.25, -0.2) is 0 Å². The molecule has 602 valence electrons. The van der Waals surface area contributed by atoms with E-state index < -0.39 is 24.3 Å². The summed E-state index contributed by atoms with van der Waals surface area (Å²) in [6.45, 7) is 4.56. The maximum absolute atomic E-state index is 13.0. The number of quaternary nitrogens is 1. The molecule has 0 heterocycles. The monoisotopic (exact) mass is 1460 g/mol. The van der Waals surface area contributed by atoms with Crippen molar-refractivity contribution < 1.29 is 42.9 Å². The number of hydrogen-bond donors (Lipinski definition) is 0. The third kappa shape index (κ3) is 86.3. The van der Waals surface area contributed by atoms with Gasteiger partial charge in [0.05, 0.1) is 40.3 Å². The second kappa shape index (κ2) is 84.8. The first-order valence-electron chi connectivity index (χ1n) is 44.0. The molecule has 0 aliphatic carbocycles. The number of hydrogen-bond acceptors (Lipinski definition) is 8. The Morgan fingerprint density at radius 2 is 0.514 bits per heavy atom. The van der Waals surface area contributed by atoms with Gasteiger partial charge in [0.2, 0.25) is 0 Å². The summed E-state index contributed by atoms with van der Waals surface area (Å²) >= 11 is 0. The number of allylic oxidation sites excluding steroid dienone is 24. The Morgan fingerprint density at radius 3 is 0.762 bits per heavy atom. The van der Waals surface area contributed by atoms with Gasteiger partial charge in [0.1, 0.15) is 13.2 Å². The van der Waals surface area contributed by atoms with Crippen molar-refractivity contribution in [3.8, 4) is 0 Å². The van der Waals surface area contributed by atoms with Crippen LogP contribution in [0.4, 0.5) is 0 Å². The van der Waals surface area contributed by atoms with E-state index in [9.17, 15) is 19.5 Å².